The number of aromatic hydroxyl groups is 1. The van der Waals surface area contributed by atoms with Gasteiger partial charge in [0, 0.05) is 16.5 Å². The third-order valence-electron chi connectivity index (χ3n) is 2.70. The fourth-order valence-corrected chi connectivity index (χ4v) is 3.59. The Bertz CT molecular complexity index is 632. The number of hydrogen-bond acceptors (Lipinski definition) is 1. The second-order valence-corrected chi connectivity index (χ2v) is 12.7. The fourth-order valence-electron chi connectivity index (χ4n) is 1.77. The van der Waals surface area contributed by atoms with E-state index in [0.717, 1.165) is 11.5 Å². The Kier molecular flexibility index (Phi) is 6.20. The van der Waals surface area contributed by atoms with Crippen molar-refractivity contribution < 1.29 is 22.0 Å². The molecule has 0 saturated carbocycles. The van der Waals surface area contributed by atoms with Crippen LogP contribution in [0.15, 0.2) is 59.5 Å². The maximum absolute atomic E-state index is 11.2. The molecule has 0 fully saturated rings. The van der Waals surface area contributed by atoms with Crippen molar-refractivity contribution in [3.05, 3.63) is 60.2 Å². The average molecular weight is 481 g/mol. The molecule has 9 heteroatoms. The van der Waals surface area contributed by atoms with E-state index in [1.165, 1.54) is 10.5 Å². The fraction of sp³-hybridized carbons (Fsp3) is 0.200. The first-order chi connectivity index (χ1) is 10.7. The predicted octanol–water partition coefficient (Wildman–Crippen LogP) is 5.73. The Hall–Kier alpha value is -1.01. The van der Waals surface area contributed by atoms with Crippen molar-refractivity contribution in [1.29, 1.82) is 0 Å². The summed E-state index contributed by atoms with van der Waals surface area (Å²) in [5, 5.41) is 9.30. The Labute approximate surface area is 141 Å². The van der Waals surface area contributed by atoms with Crippen LogP contribution < -0.4 is 0 Å². The summed E-state index contributed by atoms with van der Waals surface area (Å²) in [6, 6.07) is 18.2. The number of rotatable bonds is 4. The van der Waals surface area contributed by atoms with Crippen LogP contribution >= 0.6 is 0 Å². The van der Waals surface area contributed by atoms with Crippen molar-refractivity contribution in [2.75, 3.05) is 5.75 Å². The summed E-state index contributed by atoms with van der Waals surface area (Å²) in [6.45, 7) is 2.22. The Morgan fingerprint density at radius 3 is 1.71 bits per heavy atom. The van der Waals surface area contributed by atoms with Crippen molar-refractivity contribution in [2.24, 2.45) is 0 Å². The quantitative estimate of drug-likeness (QED) is 0.336. The van der Waals surface area contributed by atoms with E-state index < -0.39 is 19.5 Å². The molecule has 0 spiro atoms. The van der Waals surface area contributed by atoms with E-state index in [1.807, 2.05) is 18.2 Å². The molecule has 0 aliphatic rings. The third-order valence-corrected chi connectivity index (χ3v) is 5.02. The molecule has 1 nitrogen and oxygen atoms in total. The van der Waals surface area contributed by atoms with Crippen molar-refractivity contribution in [3.8, 4) is 5.75 Å². The molecule has 1 unspecified atom stereocenters. The van der Waals surface area contributed by atoms with Gasteiger partial charge in [-0.15, -0.1) is 0 Å². The summed E-state index contributed by atoms with van der Waals surface area (Å²) in [4.78, 5) is 1.33. The van der Waals surface area contributed by atoms with Crippen molar-refractivity contribution >= 4 is 30.4 Å². The number of halogens is 6. The SMILES string of the molecule is CC[S+](Cc1ccccc1)c1ccc(O)cc1.[F][Sb-]([F])([F])([F])([F])[F]. The molecule has 1 atom stereocenters. The molecule has 24 heavy (non-hydrogen) atoms. The van der Waals surface area contributed by atoms with E-state index in [9.17, 15) is 22.0 Å². The molecule has 0 aliphatic heterocycles. The van der Waals surface area contributed by atoms with Crippen LogP contribution in [0.2, 0.25) is 0 Å². The Morgan fingerprint density at radius 1 is 0.833 bits per heavy atom. The molecule has 1 N–H and O–H groups in total. The van der Waals surface area contributed by atoms with Gasteiger partial charge in [-0.1, -0.05) is 30.3 Å². The van der Waals surface area contributed by atoms with Gasteiger partial charge in [0.1, 0.15) is 17.3 Å². The van der Waals surface area contributed by atoms with Crippen LogP contribution in [0, 0.1) is 0 Å². The van der Waals surface area contributed by atoms with E-state index in [-0.39, 0.29) is 10.9 Å². The second-order valence-electron chi connectivity index (χ2n) is 4.86. The van der Waals surface area contributed by atoms with Crippen LogP contribution in [0.4, 0.5) is 16.9 Å². The van der Waals surface area contributed by atoms with Gasteiger partial charge in [0.15, 0.2) is 4.90 Å². The molecule has 0 bridgehead atoms. The zero-order chi connectivity index (χ0) is 18.5. The molecule has 0 aromatic heterocycles. The number of phenols is 1. The van der Waals surface area contributed by atoms with Crippen molar-refractivity contribution in [2.45, 2.75) is 17.6 Å². The summed E-state index contributed by atoms with van der Waals surface area (Å²) >= 11 is -11.2. The van der Waals surface area contributed by atoms with Gasteiger partial charge in [0.05, 0.1) is 0 Å². The van der Waals surface area contributed by atoms with Crippen molar-refractivity contribution in [3.63, 3.8) is 0 Å². The average Bonchev–Trinajstić information content (AvgIpc) is 2.44. The van der Waals surface area contributed by atoms with Gasteiger partial charge in [-0.2, -0.15) is 0 Å². The number of benzene rings is 2. The minimum absolute atomic E-state index is 0.235. The van der Waals surface area contributed by atoms with Gasteiger partial charge >= 0.3 is 36.4 Å². The van der Waals surface area contributed by atoms with Crippen LogP contribution in [0.5, 0.6) is 5.75 Å². The molecule has 2 aromatic carbocycles. The monoisotopic (exact) mass is 480 g/mol. The van der Waals surface area contributed by atoms with Gasteiger partial charge in [-0.25, -0.2) is 0 Å². The van der Waals surface area contributed by atoms with E-state index in [0.29, 0.717) is 5.75 Å². The summed E-state index contributed by atoms with van der Waals surface area (Å²) in [5.41, 5.74) is 1.38. The molecule has 2 aromatic rings. The molecule has 0 amide bonds. The molecular weight excluding hydrogens is 464 g/mol. The zero-order valence-electron chi connectivity index (χ0n) is 12.7. The second kappa shape index (κ2) is 7.08. The van der Waals surface area contributed by atoms with Gasteiger partial charge in [0.2, 0.25) is 0 Å². The van der Waals surface area contributed by atoms with Gasteiger partial charge in [0.25, 0.3) is 0 Å². The van der Waals surface area contributed by atoms with Crippen LogP contribution in [0.3, 0.4) is 0 Å². The summed E-state index contributed by atoms with van der Waals surface area (Å²) in [6.07, 6.45) is 0. The first-order valence-electron chi connectivity index (χ1n) is 6.81. The summed E-state index contributed by atoms with van der Waals surface area (Å²) in [7, 11) is 0.235. The van der Waals surface area contributed by atoms with Crippen LogP contribution in [0.25, 0.3) is 0 Å². The van der Waals surface area contributed by atoms with Crippen molar-refractivity contribution in [1.82, 2.24) is 0 Å². The molecule has 0 heterocycles. The summed E-state index contributed by atoms with van der Waals surface area (Å²) < 4.78 is 59.6. The van der Waals surface area contributed by atoms with Crippen LogP contribution in [-0.2, 0) is 16.6 Å². The number of phenolic OH excluding ortho intramolecular Hbond substituents is 1. The standard InChI is InChI=1S/C15H16OS.6FH.Sb/c1-2-17(12-13-6-4-3-5-7-13)15-10-8-14(16)9-11-15;;;;;;;/h3-11H,2,12H2,1H3;6*1H;/q;;;;;;;+5/p-5. The van der Waals surface area contributed by atoms with Gasteiger partial charge in [-0.05, 0) is 31.2 Å². The van der Waals surface area contributed by atoms with E-state index in [1.54, 1.807) is 12.1 Å². The Morgan fingerprint density at radius 2 is 1.29 bits per heavy atom. The van der Waals surface area contributed by atoms with E-state index in [2.05, 4.69) is 31.2 Å². The predicted molar refractivity (Wildman–Crippen MR) is 86.8 cm³/mol. The van der Waals surface area contributed by atoms with Crippen LogP contribution in [-0.4, -0.2) is 30.3 Å². The van der Waals surface area contributed by atoms with Gasteiger partial charge in [-0.3, -0.25) is 0 Å². The molecule has 0 saturated heterocycles. The molecule has 2 rings (SSSR count). The van der Waals surface area contributed by atoms with Crippen LogP contribution in [0.1, 0.15) is 12.5 Å². The number of hydrogen-bond donors (Lipinski definition) is 1. The Balaban J connectivity index is 0.000000351. The molecule has 0 aliphatic carbocycles. The zero-order valence-corrected chi connectivity index (χ0v) is 16.1. The van der Waals surface area contributed by atoms with Gasteiger partial charge < -0.3 is 5.11 Å². The molecular formula is C15H17F6OSSb. The van der Waals surface area contributed by atoms with E-state index >= 15 is 0 Å². The first-order valence-corrected chi connectivity index (χ1v) is 14.2. The molecule has 136 valence electrons. The summed E-state index contributed by atoms with van der Waals surface area (Å²) in [5.74, 6) is 2.56. The third kappa shape index (κ3) is 11.5. The minimum atomic E-state index is -11.2. The topological polar surface area (TPSA) is 20.2 Å². The normalized spacial score (nSPS) is 15.5. The van der Waals surface area contributed by atoms with E-state index in [4.69, 9.17) is 0 Å². The maximum atomic E-state index is 9.93. The molecule has 0 radical (unpaired) electrons. The first kappa shape index (κ1) is 21.0.